The first kappa shape index (κ1) is 27.3. The monoisotopic (exact) mass is 617 g/mol. The highest BCUT2D eigenvalue weighted by Crippen LogP contribution is 2.40. The summed E-state index contributed by atoms with van der Waals surface area (Å²) in [5.41, 5.74) is 7.38. The minimum absolute atomic E-state index is 0.643. The van der Waals surface area contributed by atoms with Gasteiger partial charge in [-0.05, 0) is 58.0 Å². The van der Waals surface area contributed by atoms with Crippen molar-refractivity contribution in [2.24, 2.45) is 0 Å². The van der Waals surface area contributed by atoms with Gasteiger partial charge in [-0.3, -0.25) is 0 Å². The molecule has 7 aromatic carbocycles. The van der Waals surface area contributed by atoms with Crippen molar-refractivity contribution in [1.29, 1.82) is 0 Å². The number of hydrogen-bond donors (Lipinski definition) is 0. The largest absolute Gasteiger partial charge is 0.208 e. The fourth-order valence-electron chi connectivity index (χ4n) is 6.34. The van der Waals surface area contributed by atoms with Gasteiger partial charge in [0, 0.05) is 42.2 Å². The summed E-state index contributed by atoms with van der Waals surface area (Å²) >= 11 is 1.84. The van der Waals surface area contributed by atoms with Gasteiger partial charge in [0.1, 0.15) is 0 Å². The van der Waals surface area contributed by atoms with Gasteiger partial charge in [-0.15, -0.1) is 11.3 Å². The van der Waals surface area contributed by atoms with Crippen LogP contribution in [0.2, 0.25) is 0 Å². The van der Waals surface area contributed by atoms with E-state index >= 15 is 0 Å². The minimum Gasteiger partial charge on any atom is -0.208 e. The molecule has 0 N–H and O–H groups in total. The quantitative estimate of drug-likeness (QED) is 0.193. The molecule has 0 saturated heterocycles. The highest BCUT2D eigenvalue weighted by Gasteiger charge is 2.16. The molecule has 0 fully saturated rings. The maximum absolute atomic E-state index is 5.18. The van der Waals surface area contributed by atoms with E-state index in [-0.39, 0.29) is 0 Å². The van der Waals surface area contributed by atoms with Gasteiger partial charge in [0.2, 0.25) is 0 Å². The van der Waals surface area contributed by atoms with Crippen molar-refractivity contribution in [1.82, 2.24) is 15.0 Å². The first-order valence-electron chi connectivity index (χ1n) is 15.7. The second kappa shape index (κ2) is 11.4. The molecule has 0 aliphatic heterocycles. The molecule has 47 heavy (non-hydrogen) atoms. The molecule has 0 aliphatic carbocycles. The van der Waals surface area contributed by atoms with E-state index in [9.17, 15) is 0 Å². The molecular weight excluding hydrogens is 591 g/mol. The van der Waals surface area contributed by atoms with Crippen molar-refractivity contribution >= 4 is 42.3 Å². The van der Waals surface area contributed by atoms with Crippen LogP contribution in [0.25, 0.3) is 87.4 Å². The number of benzene rings is 7. The highest BCUT2D eigenvalue weighted by molar-refractivity contribution is 7.26. The van der Waals surface area contributed by atoms with E-state index in [1.165, 1.54) is 30.9 Å². The van der Waals surface area contributed by atoms with Crippen LogP contribution in [0.4, 0.5) is 0 Å². The summed E-state index contributed by atoms with van der Waals surface area (Å²) in [6.07, 6.45) is 0. The van der Waals surface area contributed by atoms with Crippen LogP contribution in [0.1, 0.15) is 0 Å². The molecular formula is C43H27N3S. The second-order valence-corrected chi connectivity index (χ2v) is 12.7. The van der Waals surface area contributed by atoms with E-state index < -0.39 is 0 Å². The fourth-order valence-corrected chi connectivity index (χ4v) is 7.57. The molecule has 9 rings (SSSR count). The van der Waals surface area contributed by atoms with Crippen LogP contribution < -0.4 is 0 Å². The molecule has 2 aromatic heterocycles. The molecule has 4 heteroatoms. The topological polar surface area (TPSA) is 38.7 Å². The smallest absolute Gasteiger partial charge is 0.164 e. The van der Waals surface area contributed by atoms with Crippen LogP contribution in [0.3, 0.4) is 0 Å². The van der Waals surface area contributed by atoms with Gasteiger partial charge in [-0.2, -0.15) is 0 Å². The summed E-state index contributed by atoms with van der Waals surface area (Å²) < 4.78 is 2.58. The fraction of sp³-hybridized carbons (Fsp3) is 0. The Morgan fingerprint density at radius 3 is 1.49 bits per heavy atom. The molecule has 0 bridgehead atoms. The van der Waals surface area contributed by atoms with Crippen molar-refractivity contribution in [2.75, 3.05) is 0 Å². The molecule has 9 aromatic rings. The molecule has 0 spiro atoms. The van der Waals surface area contributed by atoms with Crippen LogP contribution in [0, 0.1) is 0 Å². The number of fused-ring (bicyclic) bond motifs is 5. The van der Waals surface area contributed by atoms with Gasteiger partial charge in [0.25, 0.3) is 0 Å². The zero-order valence-electron chi connectivity index (χ0n) is 25.3. The molecule has 2 heterocycles. The van der Waals surface area contributed by atoms with Crippen molar-refractivity contribution in [3.05, 3.63) is 164 Å². The van der Waals surface area contributed by atoms with Gasteiger partial charge in [-0.1, -0.05) is 133 Å². The molecule has 0 atom stereocenters. The number of thiophene rings is 1. The first-order valence-corrected chi connectivity index (χ1v) is 16.5. The number of aromatic nitrogens is 3. The summed E-state index contributed by atoms with van der Waals surface area (Å²) in [6.45, 7) is 0. The third-order valence-electron chi connectivity index (χ3n) is 8.69. The van der Waals surface area contributed by atoms with Gasteiger partial charge in [0.15, 0.2) is 17.5 Å². The van der Waals surface area contributed by atoms with Crippen LogP contribution in [0.5, 0.6) is 0 Å². The highest BCUT2D eigenvalue weighted by atomic mass is 32.1. The van der Waals surface area contributed by atoms with E-state index in [2.05, 4.69) is 133 Å². The molecule has 3 nitrogen and oxygen atoms in total. The maximum atomic E-state index is 5.18. The molecule has 0 saturated carbocycles. The SMILES string of the molecule is c1ccc(-c2cc(-c3ccccc3)cc(-c3nc(-c4ccccc4)nc(-c4ccc5ccc6c7ccccc7sc6c5c4)n3)c2)cc1. The predicted molar refractivity (Wildman–Crippen MR) is 197 cm³/mol. The Labute approximate surface area is 276 Å². The van der Waals surface area contributed by atoms with E-state index in [4.69, 9.17) is 15.0 Å². The molecule has 0 unspecified atom stereocenters. The summed E-state index contributed by atoms with van der Waals surface area (Å²) in [5, 5.41) is 4.99. The summed E-state index contributed by atoms with van der Waals surface area (Å²) in [6, 6.07) is 57.4. The van der Waals surface area contributed by atoms with E-state index in [0.717, 1.165) is 38.9 Å². The van der Waals surface area contributed by atoms with E-state index in [1.807, 2.05) is 41.7 Å². The Balaban J connectivity index is 1.27. The number of rotatable bonds is 5. The minimum atomic E-state index is 0.643. The van der Waals surface area contributed by atoms with Gasteiger partial charge in [-0.25, -0.2) is 15.0 Å². The zero-order valence-corrected chi connectivity index (χ0v) is 26.2. The Bertz CT molecular complexity index is 2500. The van der Waals surface area contributed by atoms with Crippen molar-refractivity contribution in [3.8, 4) is 56.4 Å². The van der Waals surface area contributed by atoms with Crippen LogP contribution in [-0.2, 0) is 0 Å². The van der Waals surface area contributed by atoms with Crippen molar-refractivity contribution in [2.45, 2.75) is 0 Å². The zero-order chi connectivity index (χ0) is 31.2. The maximum Gasteiger partial charge on any atom is 0.164 e. The van der Waals surface area contributed by atoms with Crippen LogP contribution in [-0.4, -0.2) is 15.0 Å². The predicted octanol–water partition coefficient (Wildman–Crippen LogP) is 11.7. The van der Waals surface area contributed by atoms with Crippen LogP contribution in [0.15, 0.2) is 164 Å². The number of hydrogen-bond acceptors (Lipinski definition) is 4. The second-order valence-electron chi connectivity index (χ2n) is 11.7. The van der Waals surface area contributed by atoms with Crippen LogP contribution >= 0.6 is 11.3 Å². The average molecular weight is 618 g/mol. The summed E-state index contributed by atoms with van der Waals surface area (Å²) in [4.78, 5) is 15.3. The lowest BCUT2D eigenvalue weighted by atomic mass is 9.96. The Hall–Kier alpha value is -5.97. The van der Waals surface area contributed by atoms with Crippen molar-refractivity contribution < 1.29 is 0 Å². The molecule has 0 radical (unpaired) electrons. The lowest BCUT2D eigenvalue weighted by molar-refractivity contribution is 1.07. The Kier molecular flexibility index (Phi) is 6.65. The number of nitrogens with zero attached hydrogens (tertiary/aromatic N) is 3. The van der Waals surface area contributed by atoms with E-state index in [1.54, 1.807) is 0 Å². The summed E-state index contributed by atoms with van der Waals surface area (Å²) in [5.74, 6) is 1.95. The molecule has 0 amide bonds. The Morgan fingerprint density at radius 2 is 0.830 bits per heavy atom. The lowest BCUT2D eigenvalue weighted by Gasteiger charge is -2.13. The van der Waals surface area contributed by atoms with Gasteiger partial charge in [0.05, 0.1) is 0 Å². The lowest BCUT2D eigenvalue weighted by Crippen LogP contribution is -2.00. The normalized spacial score (nSPS) is 11.4. The first-order chi connectivity index (χ1) is 23.3. The molecule has 220 valence electrons. The van der Waals surface area contributed by atoms with Gasteiger partial charge >= 0.3 is 0 Å². The third kappa shape index (κ3) is 5.05. The van der Waals surface area contributed by atoms with Crippen molar-refractivity contribution in [3.63, 3.8) is 0 Å². The average Bonchev–Trinajstić information content (AvgIpc) is 3.55. The summed E-state index contributed by atoms with van der Waals surface area (Å²) in [7, 11) is 0. The molecule has 0 aliphatic rings. The standard InChI is InChI=1S/C43H27N3S/c1-4-12-28(13-5-1)33-24-34(29-14-6-2-7-15-29)26-35(25-33)43-45-41(31-16-8-3-9-17-31)44-42(46-43)32-21-20-30-22-23-37-36-18-10-11-19-39(36)47-40(37)38(30)27-32/h1-27H. The Morgan fingerprint density at radius 1 is 0.319 bits per heavy atom. The van der Waals surface area contributed by atoms with E-state index in [0.29, 0.717) is 17.5 Å². The van der Waals surface area contributed by atoms with Gasteiger partial charge < -0.3 is 0 Å². The third-order valence-corrected chi connectivity index (χ3v) is 9.91.